The number of nitrogens with one attached hydrogen (secondary N) is 2. The molecule has 3 aromatic heterocycles. The second-order valence-electron chi connectivity index (χ2n) is 9.31. The lowest BCUT2D eigenvalue weighted by Gasteiger charge is -2.20. The maximum Gasteiger partial charge on any atom is 0.224 e. The zero-order chi connectivity index (χ0) is 25.8. The molecule has 1 aromatic carbocycles. The normalized spacial score (nSPS) is 19.3. The van der Waals surface area contributed by atoms with Gasteiger partial charge in [0.25, 0.3) is 0 Å². The van der Waals surface area contributed by atoms with E-state index in [2.05, 4.69) is 27.8 Å². The Hall–Kier alpha value is -3.34. The fraction of sp³-hybridized carbons (Fsp3) is 0.407. The molecule has 3 heterocycles. The largest absolute Gasteiger partial charge is 0.494 e. The molecule has 0 radical (unpaired) electrons. The number of aliphatic hydroxyl groups is 2. The Morgan fingerprint density at radius 1 is 1.11 bits per heavy atom. The van der Waals surface area contributed by atoms with Crippen molar-refractivity contribution in [2.45, 2.75) is 45.3 Å². The molecule has 0 amide bonds. The average molecular weight is 521 g/mol. The van der Waals surface area contributed by atoms with Crippen LogP contribution in [0, 0.1) is 12.8 Å². The van der Waals surface area contributed by atoms with Crippen LogP contribution in [0.3, 0.4) is 0 Å². The molecule has 0 bridgehead atoms. The van der Waals surface area contributed by atoms with Crippen LogP contribution >= 0.6 is 11.3 Å². The number of hydrogen-bond acceptors (Lipinski definition) is 10. The minimum absolute atomic E-state index is 0.0636. The monoisotopic (exact) mass is 520 g/mol. The van der Waals surface area contributed by atoms with Crippen molar-refractivity contribution in [3.05, 3.63) is 54.0 Å². The van der Waals surface area contributed by atoms with Gasteiger partial charge in [0, 0.05) is 19.3 Å². The van der Waals surface area contributed by atoms with Gasteiger partial charge >= 0.3 is 0 Å². The third-order valence-electron chi connectivity index (χ3n) is 6.63. The first-order chi connectivity index (χ1) is 18.0. The molecule has 37 heavy (non-hydrogen) atoms. The van der Waals surface area contributed by atoms with Gasteiger partial charge < -0.3 is 25.6 Å². The predicted octanol–water partition coefficient (Wildman–Crippen LogP) is 4.05. The van der Waals surface area contributed by atoms with E-state index < -0.39 is 6.10 Å². The number of rotatable bonds is 10. The summed E-state index contributed by atoms with van der Waals surface area (Å²) in [6.07, 6.45) is 4.99. The number of hydrogen-bond donors (Lipinski definition) is 4. The van der Waals surface area contributed by atoms with E-state index in [4.69, 9.17) is 19.7 Å². The lowest BCUT2D eigenvalue weighted by Crippen LogP contribution is -2.29. The Kier molecular flexibility index (Phi) is 7.78. The molecule has 9 nitrogen and oxygen atoms in total. The molecular weight excluding hydrogens is 488 g/mol. The fourth-order valence-electron chi connectivity index (χ4n) is 4.74. The van der Waals surface area contributed by atoms with Crippen LogP contribution in [0.5, 0.6) is 5.75 Å². The predicted molar refractivity (Wildman–Crippen MR) is 146 cm³/mol. The van der Waals surface area contributed by atoms with E-state index in [9.17, 15) is 10.2 Å². The molecule has 0 saturated heterocycles. The Bertz CT molecular complexity index is 1310. The molecule has 0 unspecified atom stereocenters. The van der Waals surface area contributed by atoms with Crippen molar-refractivity contribution >= 4 is 33.3 Å². The Morgan fingerprint density at radius 2 is 1.95 bits per heavy atom. The van der Waals surface area contributed by atoms with Gasteiger partial charge in [-0.2, -0.15) is 4.98 Å². The van der Waals surface area contributed by atoms with Crippen LogP contribution in [0.15, 0.2) is 42.7 Å². The fourth-order valence-corrected chi connectivity index (χ4v) is 5.77. The number of fused-ring (bicyclic) bond motifs is 1. The van der Waals surface area contributed by atoms with Crippen LogP contribution < -0.4 is 15.4 Å². The van der Waals surface area contributed by atoms with Gasteiger partial charge in [-0.3, -0.25) is 4.98 Å². The highest BCUT2D eigenvalue weighted by Crippen LogP contribution is 2.37. The van der Waals surface area contributed by atoms with E-state index in [1.165, 1.54) is 5.56 Å². The topological polar surface area (TPSA) is 125 Å². The maximum atomic E-state index is 10.6. The minimum Gasteiger partial charge on any atom is -0.494 e. The van der Waals surface area contributed by atoms with E-state index >= 15 is 0 Å². The molecule has 1 aliphatic rings. The van der Waals surface area contributed by atoms with Gasteiger partial charge in [0.2, 0.25) is 5.95 Å². The third kappa shape index (κ3) is 5.82. The minimum atomic E-state index is -0.559. The van der Waals surface area contributed by atoms with Gasteiger partial charge in [-0.25, -0.2) is 9.97 Å². The molecule has 1 saturated carbocycles. The molecule has 194 valence electrons. The van der Waals surface area contributed by atoms with Gasteiger partial charge in [-0.05, 0) is 62.8 Å². The van der Waals surface area contributed by atoms with E-state index in [1.807, 2.05) is 32.0 Å². The molecule has 1 aliphatic carbocycles. The lowest BCUT2D eigenvalue weighted by molar-refractivity contribution is 0.157. The van der Waals surface area contributed by atoms with Gasteiger partial charge in [0.1, 0.15) is 22.1 Å². The number of aliphatic hydroxyl groups excluding tert-OH is 2. The summed E-state index contributed by atoms with van der Waals surface area (Å²) < 4.78 is 6.56. The number of anilines is 2. The SMILES string of the molecule is CCOc1ccc(CCNc2nc(C)c(-c3nc4cnccc4s3)c(N[C@@H]3C[C@H](CO)C[C@H]3O)n2)cc1. The molecule has 5 rings (SSSR count). The zero-order valence-electron chi connectivity index (χ0n) is 21.0. The van der Waals surface area contributed by atoms with E-state index in [1.54, 1.807) is 23.7 Å². The van der Waals surface area contributed by atoms with Crippen LogP contribution in [-0.4, -0.2) is 62.1 Å². The molecule has 0 aliphatic heterocycles. The number of thiazole rings is 1. The summed E-state index contributed by atoms with van der Waals surface area (Å²) in [5.74, 6) is 2.08. The number of aryl methyl sites for hydroxylation is 1. The first-order valence-electron chi connectivity index (χ1n) is 12.6. The maximum absolute atomic E-state index is 10.6. The number of pyridine rings is 1. The summed E-state index contributed by atoms with van der Waals surface area (Å²) in [5, 5.41) is 27.8. The third-order valence-corrected chi connectivity index (χ3v) is 7.69. The van der Waals surface area contributed by atoms with Crippen molar-refractivity contribution in [2.75, 3.05) is 30.4 Å². The van der Waals surface area contributed by atoms with Crippen LogP contribution in [0.25, 0.3) is 20.8 Å². The van der Waals surface area contributed by atoms with Crippen molar-refractivity contribution in [3.8, 4) is 16.3 Å². The van der Waals surface area contributed by atoms with Crippen molar-refractivity contribution < 1.29 is 14.9 Å². The number of ether oxygens (including phenoxy) is 1. The van der Waals surface area contributed by atoms with Gasteiger partial charge in [0.15, 0.2) is 0 Å². The van der Waals surface area contributed by atoms with Crippen molar-refractivity contribution in [1.29, 1.82) is 0 Å². The first-order valence-corrected chi connectivity index (χ1v) is 13.5. The lowest BCUT2D eigenvalue weighted by atomic mass is 10.1. The quantitative estimate of drug-likeness (QED) is 0.245. The van der Waals surface area contributed by atoms with Gasteiger partial charge in [-0.15, -0.1) is 11.3 Å². The van der Waals surface area contributed by atoms with Crippen LogP contribution in [0.2, 0.25) is 0 Å². The van der Waals surface area contributed by atoms with Gasteiger partial charge in [0.05, 0.1) is 40.9 Å². The summed E-state index contributed by atoms with van der Waals surface area (Å²) in [4.78, 5) is 18.5. The Morgan fingerprint density at radius 3 is 2.68 bits per heavy atom. The second kappa shape index (κ2) is 11.4. The van der Waals surface area contributed by atoms with E-state index in [0.717, 1.165) is 38.7 Å². The van der Waals surface area contributed by atoms with E-state index in [0.29, 0.717) is 37.8 Å². The molecule has 4 N–H and O–H groups in total. The summed E-state index contributed by atoms with van der Waals surface area (Å²) >= 11 is 1.56. The Balaban J connectivity index is 1.39. The number of aromatic nitrogens is 4. The highest BCUT2D eigenvalue weighted by atomic mass is 32.1. The summed E-state index contributed by atoms with van der Waals surface area (Å²) in [5.41, 5.74) is 3.62. The molecular formula is C27H32N6O3S. The number of benzene rings is 1. The van der Waals surface area contributed by atoms with Crippen LogP contribution in [0.1, 0.15) is 31.0 Å². The van der Waals surface area contributed by atoms with Crippen molar-refractivity contribution in [2.24, 2.45) is 5.92 Å². The summed E-state index contributed by atoms with van der Waals surface area (Å²) in [7, 11) is 0. The zero-order valence-corrected chi connectivity index (χ0v) is 21.8. The number of nitrogens with zero attached hydrogens (tertiary/aromatic N) is 4. The molecule has 0 spiro atoms. The van der Waals surface area contributed by atoms with Crippen molar-refractivity contribution in [3.63, 3.8) is 0 Å². The highest BCUT2D eigenvalue weighted by Gasteiger charge is 2.33. The first kappa shape index (κ1) is 25.3. The molecule has 3 atom stereocenters. The standard InChI is InChI=1S/C27H32N6O3S/c1-3-36-19-6-4-17(5-7-19)8-11-29-27-30-16(2)24(26-32-21-14-28-10-9-23(21)37-26)25(33-27)31-20-12-18(15-34)13-22(20)35/h4-7,9-10,14,18,20,22,34-35H,3,8,11-13,15H2,1-2H3,(H2,29,30,31,33)/t18-,20+,22+/m0/s1. The molecule has 10 heteroatoms. The molecule has 1 fully saturated rings. The summed E-state index contributed by atoms with van der Waals surface area (Å²) in [6.45, 7) is 5.30. The highest BCUT2D eigenvalue weighted by molar-refractivity contribution is 7.21. The van der Waals surface area contributed by atoms with Crippen LogP contribution in [-0.2, 0) is 6.42 Å². The smallest absolute Gasteiger partial charge is 0.224 e. The Labute approximate surface area is 220 Å². The second-order valence-corrected chi connectivity index (χ2v) is 10.3. The summed E-state index contributed by atoms with van der Waals surface area (Å²) in [6, 6.07) is 9.83. The van der Waals surface area contributed by atoms with E-state index in [-0.39, 0.29) is 18.6 Å². The van der Waals surface area contributed by atoms with Crippen molar-refractivity contribution in [1.82, 2.24) is 19.9 Å². The van der Waals surface area contributed by atoms with Gasteiger partial charge in [-0.1, -0.05) is 12.1 Å². The average Bonchev–Trinajstić information content (AvgIpc) is 3.48. The molecule has 4 aromatic rings. The van der Waals surface area contributed by atoms with Crippen LogP contribution in [0.4, 0.5) is 11.8 Å².